The molecule has 2 aromatic heterocycles. The Balaban J connectivity index is 1.67. The fraction of sp³-hybridized carbons (Fsp3) is 0.400. The van der Waals surface area contributed by atoms with E-state index in [4.69, 9.17) is 4.42 Å². The standard InChI is InChI=1S/C20H24N4O2S2/c1-13-17(28-14(2)21-13)18-22-23-19(26-18)27-12-16(25)24(20(3,4)5)11-15-9-7-6-8-10-15/h6-10H,11-12H2,1-5H3. The number of thioether (sulfide) groups is 1. The van der Waals surface area contributed by atoms with Crippen LogP contribution in [0.4, 0.5) is 0 Å². The van der Waals surface area contributed by atoms with Crippen molar-refractivity contribution in [2.75, 3.05) is 5.75 Å². The van der Waals surface area contributed by atoms with Gasteiger partial charge in [-0.25, -0.2) is 4.98 Å². The third-order valence-corrected chi connectivity index (χ3v) is 5.98. The van der Waals surface area contributed by atoms with Crippen LogP contribution in [0.5, 0.6) is 0 Å². The molecule has 6 nitrogen and oxygen atoms in total. The fourth-order valence-corrected chi connectivity index (χ4v) is 4.24. The normalized spacial score (nSPS) is 11.6. The molecule has 0 saturated heterocycles. The zero-order chi connectivity index (χ0) is 20.3. The lowest BCUT2D eigenvalue weighted by Gasteiger charge is -2.35. The summed E-state index contributed by atoms with van der Waals surface area (Å²) in [6, 6.07) is 10.0. The first-order valence-corrected chi connectivity index (χ1v) is 10.8. The molecule has 0 unspecified atom stereocenters. The molecule has 0 aliphatic carbocycles. The molecule has 0 aliphatic heterocycles. The number of carbonyl (C=O) groups excluding carboxylic acids is 1. The number of hydrogen-bond donors (Lipinski definition) is 0. The van der Waals surface area contributed by atoms with Crippen LogP contribution in [0.25, 0.3) is 10.8 Å². The average molecular weight is 417 g/mol. The molecule has 1 aromatic carbocycles. The van der Waals surface area contributed by atoms with Gasteiger partial charge in [0.15, 0.2) is 0 Å². The topological polar surface area (TPSA) is 72.1 Å². The summed E-state index contributed by atoms with van der Waals surface area (Å²) in [6.45, 7) is 10.6. The van der Waals surface area contributed by atoms with E-state index in [1.165, 1.54) is 23.1 Å². The van der Waals surface area contributed by atoms with Gasteiger partial charge in [0.1, 0.15) is 4.88 Å². The second-order valence-electron chi connectivity index (χ2n) is 7.45. The van der Waals surface area contributed by atoms with Crippen LogP contribution in [0.2, 0.25) is 0 Å². The van der Waals surface area contributed by atoms with E-state index in [-0.39, 0.29) is 17.2 Å². The average Bonchev–Trinajstić information content (AvgIpc) is 3.23. The van der Waals surface area contributed by atoms with E-state index in [1.807, 2.05) is 69.9 Å². The lowest BCUT2D eigenvalue weighted by Crippen LogP contribution is -2.45. The molecule has 0 N–H and O–H groups in total. The first-order chi connectivity index (χ1) is 13.2. The number of benzene rings is 1. The molecule has 0 spiro atoms. The molecular formula is C20H24N4O2S2. The summed E-state index contributed by atoms with van der Waals surface area (Å²) >= 11 is 2.79. The number of hydrogen-bond acceptors (Lipinski definition) is 7. The molecule has 0 atom stereocenters. The summed E-state index contributed by atoms with van der Waals surface area (Å²) in [7, 11) is 0. The minimum absolute atomic E-state index is 0.0333. The zero-order valence-corrected chi connectivity index (χ0v) is 18.4. The van der Waals surface area contributed by atoms with Crippen LogP contribution >= 0.6 is 23.1 Å². The smallest absolute Gasteiger partial charge is 0.277 e. The summed E-state index contributed by atoms with van der Waals surface area (Å²) in [4.78, 5) is 20.0. The van der Waals surface area contributed by atoms with E-state index in [2.05, 4.69) is 15.2 Å². The van der Waals surface area contributed by atoms with Gasteiger partial charge in [-0.1, -0.05) is 42.1 Å². The lowest BCUT2D eigenvalue weighted by molar-refractivity contribution is -0.133. The monoisotopic (exact) mass is 416 g/mol. The Bertz CT molecular complexity index is 945. The van der Waals surface area contributed by atoms with Gasteiger partial charge in [-0.2, -0.15) is 0 Å². The first kappa shape index (κ1) is 20.5. The van der Waals surface area contributed by atoms with Crippen molar-refractivity contribution in [1.82, 2.24) is 20.1 Å². The number of amides is 1. The van der Waals surface area contributed by atoms with Crippen molar-refractivity contribution >= 4 is 29.0 Å². The summed E-state index contributed by atoms with van der Waals surface area (Å²) in [5.74, 6) is 0.729. The molecule has 1 amide bonds. The van der Waals surface area contributed by atoms with Gasteiger partial charge in [0, 0.05) is 12.1 Å². The Morgan fingerprint density at radius 3 is 2.50 bits per heavy atom. The van der Waals surface area contributed by atoms with Crippen molar-refractivity contribution in [3.63, 3.8) is 0 Å². The van der Waals surface area contributed by atoms with Crippen molar-refractivity contribution in [2.24, 2.45) is 0 Å². The summed E-state index contributed by atoms with van der Waals surface area (Å²) in [6.07, 6.45) is 0. The third-order valence-electron chi connectivity index (χ3n) is 4.12. The van der Waals surface area contributed by atoms with Gasteiger partial charge >= 0.3 is 0 Å². The van der Waals surface area contributed by atoms with Gasteiger partial charge in [0.05, 0.1) is 16.5 Å². The molecule has 28 heavy (non-hydrogen) atoms. The minimum Gasteiger partial charge on any atom is -0.410 e. The largest absolute Gasteiger partial charge is 0.410 e. The van der Waals surface area contributed by atoms with Crippen molar-refractivity contribution < 1.29 is 9.21 Å². The Hall–Kier alpha value is -2.19. The maximum Gasteiger partial charge on any atom is 0.277 e. The Labute approximate surface area is 173 Å². The van der Waals surface area contributed by atoms with Gasteiger partial charge in [0.25, 0.3) is 11.1 Å². The highest BCUT2D eigenvalue weighted by atomic mass is 32.2. The van der Waals surface area contributed by atoms with Gasteiger partial charge in [-0.15, -0.1) is 21.5 Å². The van der Waals surface area contributed by atoms with E-state index in [0.717, 1.165) is 21.1 Å². The van der Waals surface area contributed by atoms with Crippen molar-refractivity contribution in [3.05, 3.63) is 46.6 Å². The Kier molecular flexibility index (Phi) is 6.20. The highest BCUT2D eigenvalue weighted by Gasteiger charge is 2.27. The summed E-state index contributed by atoms with van der Waals surface area (Å²) < 4.78 is 5.74. The van der Waals surface area contributed by atoms with Crippen LogP contribution in [0.15, 0.2) is 40.0 Å². The van der Waals surface area contributed by atoms with Crippen LogP contribution in [0, 0.1) is 13.8 Å². The van der Waals surface area contributed by atoms with E-state index < -0.39 is 0 Å². The molecule has 0 radical (unpaired) electrons. The molecule has 0 fully saturated rings. The molecule has 3 aromatic rings. The first-order valence-electron chi connectivity index (χ1n) is 8.99. The van der Waals surface area contributed by atoms with E-state index >= 15 is 0 Å². The lowest BCUT2D eigenvalue weighted by atomic mass is 10.0. The molecule has 3 rings (SSSR count). The minimum atomic E-state index is -0.287. The predicted octanol–water partition coefficient (Wildman–Crippen LogP) is 4.73. The summed E-state index contributed by atoms with van der Waals surface area (Å²) in [5.41, 5.74) is 1.69. The molecule has 0 bridgehead atoms. The fourth-order valence-electron chi connectivity index (χ4n) is 2.76. The number of thiazole rings is 1. The molecule has 0 saturated carbocycles. The Morgan fingerprint density at radius 2 is 1.89 bits per heavy atom. The maximum absolute atomic E-state index is 12.9. The predicted molar refractivity (Wildman–Crippen MR) is 112 cm³/mol. The number of nitrogens with zero attached hydrogens (tertiary/aromatic N) is 4. The van der Waals surface area contributed by atoms with E-state index in [9.17, 15) is 4.79 Å². The maximum atomic E-state index is 12.9. The molecule has 2 heterocycles. The van der Waals surface area contributed by atoms with Crippen molar-refractivity contribution in [1.29, 1.82) is 0 Å². The highest BCUT2D eigenvalue weighted by molar-refractivity contribution is 7.99. The zero-order valence-electron chi connectivity index (χ0n) is 16.7. The quantitative estimate of drug-likeness (QED) is 0.541. The molecule has 8 heteroatoms. The number of aryl methyl sites for hydroxylation is 2. The van der Waals surface area contributed by atoms with Crippen LogP contribution in [0.3, 0.4) is 0 Å². The van der Waals surface area contributed by atoms with Crippen LogP contribution in [-0.2, 0) is 11.3 Å². The summed E-state index contributed by atoms with van der Waals surface area (Å²) in [5, 5.41) is 9.53. The second kappa shape index (κ2) is 8.45. The second-order valence-corrected chi connectivity index (χ2v) is 9.58. The van der Waals surface area contributed by atoms with Gasteiger partial charge in [0.2, 0.25) is 5.91 Å². The SMILES string of the molecule is Cc1nc(C)c(-c2nnc(SCC(=O)N(Cc3ccccc3)C(C)(C)C)o2)s1. The molecule has 148 valence electrons. The van der Waals surface area contributed by atoms with Crippen LogP contribution in [0.1, 0.15) is 37.0 Å². The molecular weight excluding hydrogens is 392 g/mol. The van der Waals surface area contributed by atoms with Crippen LogP contribution in [-0.4, -0.2) is 37.3 Å². The van der Waals surface area contributed by atoms with Gasteiger partial charge < -0.3 is 9.32 Å². The molecule has 0 aliphatic rings. The van der Waals surface area contributed by atoms with Crippen molar-refractivity contribution in [3.8, 4) is 10.8 Å². The van der Waals surface area contributed by atoms with Gasteiger partial charge in [-0.3, -0.25) is 4.79 Å². The van der Waals surface area contributed by atoms with Crippen molar-refractivity contribution in [2.45, 2.75) is 51.9 Å². The third kappa shape index (κ3) is 4.99. The van der Waals surface area contributed by atoms with E-state index in [1.54, 1.807) is 0 Å². The van der Waals surface area contributed by atoms with Crippen LogP contribution < -0.4 is 0 Å². The van der Waals surface area contributed by atoms with Gasteiger partial charge in [-0.05, 0) is 40.2 Å². The van der Waals surface area contributed by atoms with E-state index in [0.29, 0.717) is 17.7 Å². The highest BCUT2D eigenvalue weighted by Crippen LogP contribution is 2.31. The number of carbonyl (C=O) groups is 1. The number of rotatable bonds is 6. The Morgan fingerprint density at radius 1 is 1.18 bits per heavy atom. The number of aromatic nitrogens is 3.